The quantitative estimate of drug-likeness (QED) is 0.375. The molecule has 0 aliphatic rings. The van der Waals surface area contributed by atoms with Crippen LogP contribution in [0.2, 0.25) is 0 Å². The summed E-state index contributed by atoms with van der Waals surface area (Å²) in [6.45, 7) is 5.73. The fourth-order valence-corrected chi connectivity index (χ4v) is 5.28. The second-order valence-corrected chi connectivity index (χ2v) is 10.9. The Morgan fingerprint density at radius 3 is 2.16 bits per heavy atom. The third kappa shape index (κ3) is 7.13. The molecule has 0 saturated carbocycles. The summed E-state index contributed by atoms with van der Waals surface area (Å²) in [7, 11) is -2.62. The number of rotatable bonds is 12. The zero-order chi connectivity index (χ0) is 27.7. The molecule has 1 N–H and O–H groups in total. The fraction of sp³-hybridized carbons (Fsp3) is 0.310. The van der Waals surface area contributed by atoms with Gasteiger partial charge in [0.1, 0.15) is 18.3 Å². The highest BCUT2D eigenvalue weighted by Gasteiger charge is 2.32. The van der Waals surface area contributed by atoms with Crippen LogP contribution < -0.4 is 14.4 Å². The SMILES string of the molecule is CCCNC(=O)C(C)N(Cc1ccc(C)cc1)C(=O)CN(c1ccccc1)S(=O)(=O)c1ccc(OC)cc1. The standard InChI is InChI=1S/C29H35N3O5S/c1-5-19-30-29(34)23(3)31(20-24-13-11-22(2)12-14-24)28(33)21-32(25-9-7-6-8-10-25)38(35,36)27-17-15-26(37-4)16-18-27/h6-18,23H,5,19-21H2,1-4H3,(H,30,34). The molecule has 0 bridgehead atoms. The topological polar surface area (TPSA) is 96.0 Å². The number of ether oxygens (including phenoxy) is 1. The van der Waals surface area contributed by atoms with Gasteiger partial charge in [-0.1, -0.05) is 55.0 Å². The number of benzene rings is 3. The number of anilines is 1. The maximum atomic E-state index is 13.8. The van der Waals surface area contributed by atoms with Crippen molar-refractivity contribution in [2.45, 2.75) is 44.7 Å². The summed E-state index contributed by atoms with van der Waals surface area (Å²) in [5.74, 6) is -0.273. The molecule has 3 aromatic carbocycles. The van der Waals surface area contributed by atoms with E-state index in [1.807, 2.05) is 38.1 Å². The van der Waals surface area contributed by atoms with Gasteiger partial charge in [-0.3, -0.25) is 13.9 Å². The van der Waals surface area contributed by atoms with E-state index in [4.69, 9.17) is 4.74 Å². The fourth-order valence-electron chi connectivity index (χ4n) is 3.87. The summed E-state index contributed by atoms with van der Waals surface area (Å²) in [5.41, 5.74) is 2.25. The van der Waals surface area contributed by atoms with Gasteiger partial charge < -0.3 is 15.0 Å². The van der Waals surface area contributed by atoms with Gasteiger partial charge >= 0.3 is 0 Å². The predicted molar refractivity (Wildman–Crippen MR) is 148 cm³/mol. The minimum absolute atomic E-state index is 0.0220. The number of aryl methyl sites for hydroxylation is 1. The van der Waals surface area contributed by atoms with Crippen molar-refractivity contribution in [1.82, 2.24) is 10.2 Å². The van der Waals surface area contributed by atoms with Crippen LogP contribution in [0.25, 0.3) is 0 Å². The van der Waals surface area contributed by atoms with Gasteiger partial charge in [0, 0.05) is 13.1 Å². The van der Waals surface area contributed by atoms with E-state index in [9.17, 15) is 18.0 Å². The summed E-state index contributed by atoms with van der Waals surface area (Å²) in [6, 6.07) is 21.3. The average Bonchev–Trinajstić information content (AvgIpc) is 2.94. The van der Waals surface area contributed by atoms with Crippen LogP contribution in [0.4, 0.5) is 5.69 Å². The first kappa shape index (κ1) is 28.7. The van der Waals surface area contributed by atoms with Crippen LogP contribution in [0.1, 0.15) is 31.4 Å². The minimum Gasteiger partial charge on any atom is -0.497 e. The highest BCUT2D eigenvalue weighted by molar-refractivity contribution is 7.92. The van der Waals surface area contributed by atoms with Gasteiger partial charge in [0.25, 0.3) is 10.0 Å². The van der Waals surface area contributed by atoms with E-state index in [-0.39, 0.29) is 17.3 Å². The number of hydrogen-bond donors (Lipinski definition) is 1. The van der Waals surface area contributed by atoms with E-state index < -0.39 is 28.5 Å². The van der Waals surface area contributed by atoms with Crippen molar-refractivity contribution in [1.29, 1.82) is 0 Å². The van der Waals surface area contributed by atoms with Gasteiger partial charge in [0.15, 0.2) is 0 Å². The van der Waals surface area contributed by atoms with Crippen LogP contribution in [-0.2, 0) is 26.2 Å². The molecule has 0 aromatic heterocycles. The molecular formula is C29H35N3O5S. The lowest BCUT2D eigenvalue weighted by atomic mass is 10.1. The van der Waals surface area contributed by atoms with Crippen molar-refractivity contribution in [2.75, 3.05) is 24.5 Å². The van der Waals surface area contributed by atoms with Gasteiger partial charge in [0.2, 0.25) is 11.8 Å². The molecular weight excluding hydrogens is 502 g/mol. The predicted octanol–water partition coefficient (Wildman–Crippen LogP) is 4.14. The van der Waals surface area contributed by atoms with Gasteiger partial charge in [-0.25, -0.2) is 8.42 Å². The second-order valence-electron chi connectivity index (χ2n) is 9.00. The lowest BCUT2D eigenvalue weighted by Crippen LogP contribution is -2.51. The van der Waals surface area contributed by atoms with Crippen molar-refractivity contribution in [2.24, 2.45) is 0 Å². The summed E-state index contributed by atoms with van der Waals surface area (Å²) < 4.78 is 33.8. The van der Waals surface area contributed by atoms with E-state index in [1.54, 1.807) is 49.4 Å². The molecule has 0 fully saturated rings. The number of carbonyl (C=O) groups is 2. The molecule has 3 rings (SSSR count). The molecule has 8 nitrogen and oxygen atoms in total. The molecule has 3 aromatic rings. The van der Waals surface area contributed by atoms with Crippen molar-refractivity contribution in [3.05, 3.63) is 90.0 Å². The Balaban J connectivity index is 1.98. The number of methoxy groups -OCH3 is 1. The molecule has 0 radical (unpaired) electrons. The zero-order valence-electron chi connectivity index (χ0n) is 22.3. The smallest absolute Gasteiger partial charge is 0.264 e. The Labute approximate surface area is 225 Å². The molecule has 0 saturated heterocycles. The molecule has 0 heterocycles. The minimum atomic E-state index is -4.12. The Morgan fingerprint density at radius 2 is 1.58 bits per heavy atom. The van der Waals surface area contributed by atoms with Crippen LogP contribution in [0.3, 0.4) is 0 Å². The first-order valence-electron chi connectivity index (χ1n) is 12.5. The Bertz CT molecular complexity index is 1310. The first-order chi connectivity index (χ1) is 18.2. The highest BCUT2D eigenvalue weighted by Crippen LogP contribution is 2.25. The second kappa shape index (κ2) is 13.1. The molecule has 202 valence electrons. The van der Waals surface area contributed by atoms with Crippen molar-refractivity contribution in [3.8, 4) is 5.75 Å². The van der Waals surface area contributed by atoms with E-state index in [0.717, 1.165) is 21.9 Å². The number of hydrogen-bond acceptors (Lipinski definition) is 5. The van der Waals surface area contributed by atoms with Crippen molar-refractivity contribution in [3.63, 3.8) is 0 Å². The van der Waals surface area contributed by atoms with E-state index in [1.165, 1.54) is 24.1 Å². The third-order valence-corrected chi connectivity index (χ3v) is 7.95. The number of carbonyl (C=O) groups excluding carboxylic acids is 2. The molecule has 2 amide bonds. The molecule has 38 heavy (non-hydrogen) atoms. The van der Waals surface area contributed by atoms with Crippen molar-refractivity contribution >= 4 is 27.5 Å². The maximum Gasteiger partial charge on any atom is 0.264 e. The summed E-state index contributed by atoms with van der Waals surface area (Å²) >= 11 is 0. The van der Waals surface area contributed by atoms with Crippen molar-refractivity contribution < 1.29 is 22.7 Å². The zero-order valence-corrected chi connectivity index (χ0v) is 23.1. The van der Waals surface area contributed by atoms with Gasteiger partial charge in [0.05, 0.1) is 17.7 Å². The summed E-state index contributed by atoms with van der Waals surface area (Å²) in [4.78, 5) is 28.1. The normalized spacial score (nSPS) is 11.9. The molecule has 1 atom stereocenters. The third-order valence-electron chi connectivity index (χ3n) is 6.16. The lowest BCUT2D eigenvalue weighted by molar-refractivity contribution is -0.139. The average molecular weight is 538 g/mol. The number of nitrogens with zero attached hydrogens (tertiary/aromatic N) is 2. The molecule has 9 heteroatoms. The number of amides is 2. The molecule has 0 aliphatic carbocycles. The Kier molecular flexibility index (Phi) is 9.90. The maximum absolute atomic E-state index is 13.8. The van der Waals surface area contributed by atoms with Gasteiger partial charge in [-0.05, 0) is 62.2 Å². The lowest BCUT2D eigenvalue weighted by Gasteiger charge is -2.32. The highest BCUT2D eigenvalue weighted by atomic mass is 32.2. The largest absolute Gasteiger partial charge is 0.497 e. The number of sulfonamides is 1. The van der Waals surface area contributed by atoms with E-state index in [2.05, 4.69) is 5.32 Å². The Morgan fingerprint density at radius 1 is 0.947 bits per heavy atom. The Hall–Kier alpha value is -3.85. The van der Waals surface area contributed by atoms with Crippen LogP contribution in [0.5, 0.6) is 5.75 Å². The molecule has 0 spiro atoms. The van der Waals surface area contributed by atoms with Crippen LogP contribution in [0.15, 0.2) is 83.8 Å². The molecule has 1 unspecified atom stereocenters. The molecule has 0 aliphatic heterocycles. The summed E-state index contributed by atoms with van der Waals surface area (Å²) in [5, 5.41) is 2.84. The van der Waals surface area contributed by atoms with E-state index in [0.29, 0.717) is 18.0 Å². The monoisotopic (exact) mass is 537 g/mol. The number of nitrogens with one attached hydrogen (secondary N) is 1. The first-order valence-corrected chi connectivity index (χ1v) is 14.0. The van der Waals surface area contributed by atoms with Crippen LogP contribution in [0, 0.1) is 6.92 Å². The van der Waals surface area contributed by atoms with Crippen LogP contribution >= 0.6 is 0 Å². The van der Waals surface area contributed by atoms with Gasteiger partial charge in [-0.15, -0.1) is 0 Å². The number of para-hydroxylation sites is 1. The summed E-state index contributed by atoms with van der Waals surface area (Å²) in [6.07, 6.45) is 0.756. The van der Waals surface area contributed by atoms with Crippen LogP contribution in [-0.4, -0.2) is 51.4 Å². The van der Waals surface area contributed by atoms with Gasteiger partial charge in [-0.2, -0.15) is 0 Å². The van der Waals surface area contributed by atoms with E-state index >= 15 is 0 Å².